The second-order valence-corrected chi connectivity index (χ2v) is 5.69. The first-order valence-corrected chi connectivity index (χ1v) is 7.61. The fraction of sp³-hybridized carbons (Fsp3) is 0.143. The van der Waals surface area contributed by atoms with Crippen molar-refractivity contribution in [2.45, 2.75) is 20.8 Å². The van der Waals surface area contributed by atoms with Crippen LogP contribution in [0.5, 0.6) is 0 Å². The molecular weight excluding hydrogens is 266 g/mol. The molecule has 0 unspecified atom stereocenters. The van der Waals surface area contributed by atoms with Gasteiger partial charge in [-0.3, -0.25) is 0 Å². The van der Waals surface area contributed by atoms with Gasteiger partial charge in [-0.1, -0.05) is 61.2 Å². The van der Waals surface area contributed by atoms with Gasteiger partial charge >= 0.3 is 0 Å². The molecule has 1 heteroatoms. The van der Waals surface area contributed by atoms with E-state index < -0.39 is 0 Å². The quantitative estimate of drug-likeness (QED) is 0.513. The second-order valence-electron chi connectivity index (χ2n) is 5.69. The number of rotatable bonds is 3. The lowest BCUT2D eigenvalue weighted by Crippen LogP contribution is -1.97. The molecule has 0 saturated heterocycles. The lowest BCUT2D eigenvalue weighted by atomic mass is 10.1. The Balaban J connectivity index is 2.46. The third kappa shape index (κ3) is 2.19. The predicted molar refractivity (Wildman–Crippen MR) is 98.1 cm³/mol. The van der Waals surface area contributed by atoms with Crippen LogP contribution in [0.25, 0.3) is 27.5 Å². The Morgan fingerprint density at radius 2 is 1.73 bits per heavy atom. The normalized spacial score (nSPS) is 13.0. The van der Waals surface area contributed by atoms with Crippen LogP contribution in [-0.4, -0.2) is 4.57 Å². The zero-order chi connectivity index (χ0) is 15.7. The number of hydrogen-bond acceptors (Lipinski definition) is 0. The van der Waals surface area contributed by atoms with Crippen LogP contribution in [0.1, 0.15) is 19.4 Å². The van der Waals surface area contributed by atoms with Crippen molar-refractivity contribution in [2.24, 2.45) is 0 Å². The Morgan fingerprint density at radius 1 is 1.00 bits per heavy atom. The highest BCUT2D eigenvalue weighted by Crippen LogP contribution is 2.34. The van der Waals surface area contributed by atoms with Crippen molar-refractivity contribution >= 4 is 27.5 Å². The number of aromatic nitrogens is 1. The monoisotopic (exact) mass is 287 g/mol. The maximum atomic E-state index is 3.75. The van der Waals surface area contributed by atoms with Crippen molar-refractivity contribution in [3.8, 4) is 0 Å². The highest BCUT2D eigenvalue weighted by Gasteiger charge is 2.13. The lowest BCUT2D eigenvalue weighted by molar-refractivity contribution is 1.16. The Labute approximate surface area is 131 Å². The molecule has 110 valence electrons. The van der Waals surface area contributed by atoms with E-state index in [1.807, 2.05) is 12.2 Å². The Kier molecular flexibility index (Phi) is 3.72. The van der Waals surface area contributed by atoms with Gasteiger partial charge in [0, 0.05) is 16.5 Å². The predicted octanol–water partition coefficient (Wildman–Crippen LogP) is 6.10. The first kappa shape index (κ1) is 14.4. The summed E-state index contributed by atoms with van der Waals surface area (Å²) in [6.45, 7) is 10.3. The molecule has 3 rings (SSSR count). The number of fused-ring (bicyclic) bond motifs is 3. The summed E-state index contributed by atoms with van der Waals surface area (Å²) in [7, 11) is 0. The molecule has 22 heavy (non-hydrogen) atoms. The third-order valence-corrected chi connectivity index (χ3v) is 4.28. The summed E-state index contributed by atoms with van der Waals surface area (Å²) in [6, 6.07) is 15.1. The lowest BCUT2D eigenvalue weighted by Gasteiger charge is -2.12. The van der Waals surface area contributed by atoms with Gasteiger partial charge in [0.05, 0.1) is 11.0 Å². The van der Waals surface area contributed by atoms with E-state index in [9.17, 15) is 0 Å². The second kappa shape index (κ2) is 5.69. The van der Waals surface area contributed by atoms with Crippen molar-refractivity contribution in [2.75, 3.05) is 0 Å². The van der Waals surface area contributed by atoms with Crippen molar-refractivity contribution < 1.29 is 0 Å². The van der Waals surface area contributed by atoms with Crippen LogP contribution < -0.4 is 0 Å². The highest BCUT2D eigenvalue weighted by molar-refractivity contribution is 6.11. The van der Waals surface area contributed by atoms with Crippen LogP contribution in [0.4, 0.5) is 0 Å². The third-order valence-electron chi connectivity index (χ3n) is 4.28. The van der Waals surface area contributed by atoms with E-state index in [1.54, 1.807) is 0 Å². The van der Waals surface area contributed by atoms with Crippen LogP contribution in [-0.2, 0) is 0 Å². The fourth-order valence-electron chi connectivity index (χ4n) is 3.05. The van der Waals surface area contributed by atoms with Gasteiger partial charge in [0.15, 0.2) is 0 Å². The molecule has 0 amide bonds. The zero-order valence-electron chi connectivity index (χ0n) is 13.4. The topological polar surface area (TPSA) is 4.93 Å². The van der Waals surface area contributed by atoms with Crippen molar-refractivity contribution in [3.63, 3.8) is 0 Å². The van der Waals surface area contributed by atoms with Crippen LogP contribution in [0, 0.1) is 6.92 Å². The standard InChI is InChI=1S/C21H21N/c1-5-6-10-15(2)17(4)22-20-14-8-7-12-18(20)19-13-9-11-16(3)21(19)22/h5-14H,1H2,2-4H3/b10-6-,17-15+. The smallest absolute Gasteiger partial charge is 0.0566 e. The highest BCUT2D eigenvalue weighted by atomic mass is 15.0. The molecule has 0 saturated carbocycles. The Hall–Kier alpha value is -2.54. The molecule has 1 heterocycles. The molecule has 1 aromatic heterocycles. The van der Waals surface area contributed by atoms with Gasteiger partial charge < -0.3 is 4.57 Å². The molecule has 0 radical (unpaired) electrons. The summed E-state index contributed by atoms with van der Waals surface area (Å²) in [4.78, 5) is 0. The minimum absolute atomic E-state index is 1.24. The molecular formula is C21H21N. The van der Waals surface area contributed by atoms with Crippen LogP contribution in [0.2, 0.25) is 0 Å². The molecule has 0 atom stereocenters. The van der Waals surface area contributed by atoms with E-state index >= 15 is 0 Å². The van der Waals surface area contributed by atoms with Gasteiger partial charge in [0.1, 0.15) is 0 Å². The first-order valence-electron chi connectivity index (χ1n) is 7.61. The van der Waals surface area contributed by atoms with E-state index in [1.165, 1.54) is 38.6 Å². The molecule has 0 fully saturated rings. The van der Waals surface area contributed by atoms with E-state index in [-0.39, 0.29) is 0 Å². The maximum Gasteiger partial charge on any atom is 0.0566 e. The Morgan fingerprint density at radius 3 is 2.50 bits per heavy atom. The van der Waals surface area contributed by atoms with Gasteiger partial charge in [0.25, 0.3) is 0 Å². The molecule has 0 aliphatic heterocycles. The number of nitrogens with zero attached hydrogens (tertiary/aromatic N) is 1. The molecule has 0 spiro atoms. The van der Waals surface area contributed by atoms with Crippen LogP contribution >= 0.6 is 0 Å². The van der Waals surface area contributed by atoms with Gasteiger partial charge in [-0.2, -0.15) is 0 Å². The summed E-state index contributed by atoms with van der Waals surface area (Å²) in [5.41, 5.74) is 6.35. The van der Waals surface area contributed by atoms with Gasteiger partial charge in [0.2, 0.25) is 0 Å². The van der Waals surface area contributed by atoms with Crippen molar-refractivity contribution in [3.05, 3.63) is 78.4 Å². The summed E-state index contributed by atoms with van der Waals surface area (Å²) < 4.78 is 2.38. The molecule has 0 bridgehead atoms. The van der Waals surface area contributed by atoms with Gasteiger partial charge in [-0.15, -0.1) is 0 Å². The number of hydrogen-bond donors (Lipinski definition) is 0. The van der Waals surface area contributed by atoms with E-state index in [2.05, 4.69) is 80.5 Å². The molecule has 2 aromatic carbocycles. The number of para-hydroxylation sites is 2. The molecule has 0 N–H and O–H groups in total. The molecule has 0 aliphatic rings. The maximum absolute atomic E-state index is 3.75. The molecule has 0 aliphatic carbocycles. The Bertz CT molecular complexity index is 920. The summed E-state index contributed by atoms with van der Waals surface area (Å²) >= 11 is 0. The average Bonchev–Trinajstić information content (AvgIpc) is 2.88. The number of aryl methyl sites for hydroxylation is 1. The molecule has 1 nitrogen and oxygen atoms in total. The minimum atomic E-state index is 1.24. The van der Waals surface area contributed by atoms with Gasteiger partial charge in [-0.05, 0) is 38.0 Å². The zero-order valence-corrected chi connectivity index (χ0v) is 13.4. The van der Waals surface area contributed by atoms with Crippen LogP contribution in [0.15, 0.2) is 72.8 Å². The number of allylic oxidation sites excluding steroid dienone is 5. The summed E-state index contributed by atoms with van der Waals surface area (Å²) in [6.07, 6.45) is 5.91. The summed E-state index contributed by atoms with van der Waals surface area (Å²) in [5, 5.41) is 2.62. The average molecular weight is 287 g/mol. The van der Waals surface area contributed by atoms with Crippen molar-refractivity contribution in [1.82, 2.24) is 4.57 Å². The minimum Gasteiger partial charge on any atom is -0.313 e. The molecule has 3 aromatic rings. The summed E-state index contributed by atoms with van der Waals surface area (Å²) in [5.74, 6) is 0. The van der Waals surface area contributed by atoms with Crippen molar-refractivity contribution in [1.29, 1.82) is 0 Å². The van der Waals surface area contributed by atoms with E-state index in [0.717, 1.165) is 0 Å². The SMILES string of the molecule is C=C/C=C\C(C)=C(/C)n1c2ccccc2c2cccc(C)c21. The van der Waals surface area contributed by atoms with Crippen LogP contribution in [0.3, 0.4) is 0 Å². The van der Waals surface area contributed by atoms with E-state index in [4.69, 9.17) is 0 Å². The largest absolute Gasteiger partial charge is 0.313 e. The number of benzene rings is 2. The van der Waals surface area contributed by atoms with Gasteiger partial charge in [-0.25, -0.2) is 0 Å². The fourth-order valence-corrected chi connectivity index (χ4v) is 3.05. The van der Waals surface area contributed by atoms with E-state index in [0.29, 0.717) is 0 Å². The first-order chi connectivity index (χ1) is 10.6.